The molecule has 1 aliphatic rings. The molecule has 1 aromatic rings. The summed E-state index contributed by atoms with van der Waals surface area (Å²) in [6.07, 6.45) is 0. The lowest BCUT2D eigenvalue weighted by molar-refractivity contribution is -0.144. The number of nitrogens with one attached hydrogen (secondary N) is 1. The number of esters is 1. The molecule has 1 amide bonds. The fourth-order valence-electron chi connectivity index (χ4n) is 1.41. The first-order valence-electron chi connectivity index (χ1n) is 5.48. The van der Waals surface area contributed by atoms with Gasteiger partial charge in [0.15, 0.2) is 10.4 Å². The highest BCUT2D eigenvalue weighted by atomic mass is 32.2. The summed E-state index contributed by atoms with van der Waals surface area (Å²) in [6.45, 7) is 1.96. The highest BCUT2D eigenvalue weighted by Gasteiger charge is 2.37. The molecule has 1 fully saturated rings. The number of amidine groups is 1. The number of rotatable bonds is 3. The molecule has 1 aliphatic heterocycles. The molecule has 0 spiro atoms. The maximum atomic E-state index is 11.6. The zero-order chi connectivity index (χ0) is 13.0. The van der Waals surface area contributed by atoms with E-state index in [0.29, 0.717) is 5.17 Å². The number of benzene rings is 1. The van der Waals surface area contributed by atoms with E-state index in [2.05, 4.69) is 10.3 Å². The Labute approximate surface area is 109 Å². The van der Waals surface area contributed by atoms with Crippen molar-refractivity contribution < 1.29 is 14.3 Å². The van der Waals surface area contributed by atoms with Gasteiger partial charge in [-0.25, -0.2) is 4.99 Å². The van der Waals surface area contributed by atoms with Gasteiger partial charge in [0.25, 0.3) is 5.91 Å². The zero-order valence-electron chi connectivity index (χ0n) is 9.75. The van der Waals surface area contributed by atoms with E-state index in [-0.39, 0.29) is 12.5 Å². The van der Waals surface area contributed by atoms with Crippen LogP contribution in [0.15, 0.2) is 35.3 Å². The summed E-state index contributed by atoms with van der Waals surface area (Å²) in [6, 6.07) is 9.22. The summed E-state index contributed by atoms with van der Waals surface area (Å²) in [4.78, 5) is 27.3. The molecule has 18 heavy (non-hydrogen) atoms. The van der Waals surface area contributed by atoms with Crippen molar-refractivity contribution >= 4 is 34.5 Å². The monoisotopic (exact) mass is 264 g/mol. The van der Waals surface area contributed by atoms with Gasteiger partial charge in [-0.05, 0) is 19.1 Å². The molecule has 0 aromatic heterocycles. The number of nitrogens with zero attached hydrogens (tertiary/aromatic N) is 1. The average Bonchev–Trinajstić information content (AvgIpc) is 2.72. The minimum Gasteiger partial charge on any atom is -0.465 e. The lowest BCUT2D eigenvalue weighted by Gasteiger charge is -2.03. The molecular weight excluding hydrogens is 252 g/mol. The Kier molecular flexibility index (Phi) is 3.99. The highest BCUT2D eigenvalue weighted by molar-refractivity contribution is 8.16. The molecular formula is C12H12N2O3S. The Balaban J connectivity index is 2.09. The van der Waals surface area contributed by atoms with Crippen molar-refractivity contribution in [3.63, 3.8) is 0 Å². The lowest BCUT2D eigenvalue weighted by atomic mass is 10.3. The molecule has 1 atom stereocenters. The van der Waals surface area contributed by atoms with Crippen LogP contribution in [-0.4, -0.2) is 28.9 Å². The van der Waals surface area contributed by atoms with Gasteiger partial charge in [0.1, 0.15) is 0 Å². The van der Waals surface area contributed by atoms with Crippen molar-refractivity contribution in [2.45, 2.75) is 12.2 Å². The fourth-order valence-corrected chi connectivity index (χ4v) is 2.28. The largest absolute Gasteiger partial charge is 0.465 e. The molecule has 1 aromatic carbocycles. The summed E-state index contributed by atoms with van der Waals surface area (Å²) in [5.74, 6) is -0.911. The van der Waals surface area contributed by atoms with Crippen molar-refractivity contribution in [3.05, 3.63) is 30.3 Å². The van der Waals surface area contributed by atoms with Crippen LogP contribution in [0.2, 0.25) is 0 Å². The van der Waals surface area contributed by atoms with E-state index in [9.17, 15) is 9.59 Å². The summed E-state index contributed by atoms with van der Waals surface area (Å²) in [7, 11) is 0. The predicted octanol–water partition coefficient (Wildman–Crippen LogP) is 1.47. The van der Waals surface area contributed by atoms with Crippen LogP contribution in [-0.2, 0) is 14.3 Å². The Bertz CT molecular complexity index is 487. The second-order valence-electron chi connectivity index (χ2n) is 3.49. The summed E-state index contributed by atoms with van der Waals surface area (Å²) in [5, 5.41) is 2.13. The molecule has 6 heteroatoms. The SMILES string of the molecule is CCOC(=O)C1SC(=Nc2ccccc2)NC1=O. The molecule has 5 nitrogen and oxygen atoms in total. The topological polar surface area (TPSA) is 67.8 Å². The summed E-state index contributed by atoms with van der Waals surface area (Å²) in [5.41, 5.74) is 0.727. The molecule has 0 bridgehead atoms. The number of aliphatic imine (C=N–C) groups is 1. The number of carbonyl (C=O) groups excluding carboxylic acids is 2. The Morgan fingerprint density at radius 1 is 1.44 bits per heavy atom. The lowest BCUT2D eigenvalue weighted by Crippen LogP contribution is -2.31. The van der Waals surface area contributed by atoms with Crippen molar-refractivity contribution in [3.8, 4) is 0 Å². The van der Waals surface area contributed by atoms with Crippen molar-refractivity contribution in [1.29, 1.82) is 0 Å². The van der Waals surface area contributed by atoms with Gasteiger partial charge in [-0.2, -0.15) is 0 Å². The smallest absolute Gasteiger partial charge is 0.329 e. The van der Waals surface area contributed by atoms with Crippen LogP contribution in [0.5, 0.6) is 0 Å². The van der Waals surface area contributed by atoms with Crippen LogP contribution in [0.1, 0.15) is 6.92 Å². The van der Waals surface area contributed by atoms with Gasteiger partial charge in [-0.1, -0.05) is 30.0 Å². The highest BCUT2D eigenvalue weighted by Crippen LogP contribution is 2.23. The van der Waals surface area contributed by atoms with E-state index in [4.69, 9.17) is 4.74 Å². The number of hydrogen-bond donors (Lipinski definition) is 1. The Hall–Kier alpha value is -1.82. The number of thioether (sulfide) groups is 1. The third kappa shape index (κ3) is 2.89. The van der Waals surface area contributed by atoms with Gasteiger partial charge < -0.3 is 10.1 Å². The van der Waals surface area contributed by atoms with Crippen LogP contribution < -0.4 is 5.32 Å². The fraction of sp³-hybridized carbons (Fsp3) is 0.250. The minimum absolute atomic E-state index is 0.258. The first-order valence-corrected chi connectivity index (χ1v) is 6.36. The third-order valence-corrected chi connectivity index (χ3v) is 3.24. The third-order valence-electron chi connectivity index (χ3n) is 2.19. The van der Waals surface area contributed by atoms with Crippen LogP contribution in [0.3, 0.4) is 0 Å². The van der Waals surface area contributed by atoms with Gasteiger partial charge in [0.05, 0.1) is 12.3 Å². The molecule has 1 unspecified atom stereocenters. The second kappa shape index (κ2) is 5.68. The minimum atomic E-state index is -0.854. The maximum absolute atomic E-state index is 11.6. The molecule has 1 heterocycles. The van der Waals surface area contributed by atoms with Crippen LogP contribution in [0.25, 0.3) is 0 Å². The van der Waals surface area contributed by atoms with E-state index < -0.39 is 11.2 Å². The number of para-hydroxylation sites is 1. The van der Waals surface area contributed by atoms with Crippen LogP contribution in [0.4, 0.5) is 5.69 Å². The van der Waals surface area contributed by atoms with Crippen molar-refractivity contribution in [1.82, 2.24) is 5.32 Å². The standard InChI is InChI=1S/C12H12N2O3S/c1-2-17-11(16)9-10(15)14-12(18-9)13-8-6-4-3-5-7-8/h3-7,9H,2H2,1H3,(H,13,14,15). The number of hydrogen-bond acceptors (Lipinski definition) is 5. The van der Waals surface area contributed by atoms with Gasteiger partial charge in [0, 0.05) is 0 Å². The molecule has 1 N–H and O–H groups in total. The normalized spacial score (nSPS) is 20.8. The van der Waals surface area contributed by atoms with Crippen molar-refractivity contribution in [2.24, 2.45) is 4.99 Å². The van der Waals surface area contributed by atoms with Crippen LogP contribution >= 0.6 is 11.8 Å². The van der Waals surface area contributed by atoms with E-state index in [1.807, 2.05) is 30.3 Å². The molecule has 0 saturated carbocycles. The quantitative estimate of drug-likeness (QED) is 0.663. The molecule has 1 saturated heterocycles. The summed E-state index contributed by atoms with van der Waals surface area (Å²) >= 11 is 1.08. The number of amides is 1. The predicted molar refractivity (Wildman–Crippen MR) is 69.7 cm³/mol. The average molecular weight is 264 g/mol. The van der Waals surface area contributed by atoms with Gasteiger partial charge >= 0.3 is 5.97 Å². The van der Waals surface area contributed by atoms with Gasteiger partial charge in [-0.15, -0.1) is 0 Å². The molecule has 94 valence electrons. The molecule has 0 aliphatic carbocycles. The van der Waals surface area contributed by atoms with E-state index in [1.165, 1.54) is 0 Å². The Morgan fingerprint density at radius 2 is 2.17 bits per heavy atom. The molecule has 0 radical (unpaired) electrons. The van der Waals surface area contributed by atoms with Crippen LogP contribution in [0, 0.1) is 0 Å². The second-order valence-corrected chi connectivity index (χ2v) is 4.59. The van der Waals surface area contributed by atoms with Crippen molar-refractivity contribution in [2.75, 3.05) is 6.61 Å². The zero-order valence-corrected chi connectivity index (χ0v) is 10.6. The molecule has 2 rings (SSSR count). The van der Waals surface area contributed by atoms with Gasteiger partial charge in [0.2, 0.25) is 0 Å². The van der Waals surface area contributed by atoms with E-state index >= 15 is 0 Å². The van der Waals surface area contributed by atoms with E-state index in [0.717, 1.165) is 17.4 Å². The maximum Gasteiger partial charge on any atom is 0.329 e. The first-order chi connectivity index (χ1) is 8.70. The van der Waals surface area contributed by atoms with Gasteiger partial charge in [-0.3, -0.25) is 9.59 Å². The van der Waals surface area contributed by atoms with E-state index in [1.54, 1.807) is 6.92 Å². The summed E-state index contributed by atoms with van der Waals surface area (Å²) < 4.78 is 4.82. The number of carbonyl (C=O) groups is 2. The Morgan fingerprint density at radius 3 is 2.83 bits per heavy atom. The number of ether oxygens (including phenoxy) is 1. The first kappa shape index (κ1) is 12.6.